The standard InChI is InChI=1S/C59H38N2O/c1-4-17-40(18-5-1)59(41-19-6-2-7-20-41)52-35-28-39-16-10-11-23-46(39)58(52)51-34-31-43(36-53(51)59)60(45-30-33-50-49-25-13-15-27-56(49)62-57(50)38-45)44-29-32-48-47-24-12-14-26-54(47)61(55(48)37-44)42-21-8-3-9-22-42/h1-38H. The topological polar surface area (TPSA) is 21.3 Å². The molecule has 13 rings (SSSR count). The number of benzene rings is 10. The second-order valence-corrected chi connectivity index (χ2v) is 16.4. The summed E-state index contributed by atoms with van der Waals surface area (Å²) in [6.45, 7) is 0. The molecule has 62 heavy (non-hydrogen) atoms. The summed E-state index contributed by atoms with van der Waals surface area (Å²) in [7, 11) is 0. The summed E-state index contributed by atoms with van der Waals surface area (Å²) in [4.78, 5) is 2.42. The van der Waals surface area contributed by atoms with E-state index in [-0.39, 0.29) is 0 Å². The van der Waals surface area contributed by atoms with Crippen LogP contribution in [0.4, 0.5) is 17.1 Å². The Kier molecular flexibility index (Phi) is 7.52. The van der Waals surface area contributed by atoms with Crippen molar-refractivity contribution in [1.29, 1.82) is 0 Å². The molecule has 0 saturated heterocycles. The number of hydrogen-bond acceptors (Lipinski definition) is 2. The van der Waals surface area contributed by atoms with Crippen LogP contribution in [0.1, 0.15) is 22.3 Å². The van der Waals surface area contributed by atoms with Crippen LogP contribution in [0.25, 0.3) is 71.3 Å². The summed E-state index contributed by atoms with van der Waals surface area (Å²) in [5, 5.41) is 7.16. The molecule has 1 aliphatic rings. The zero-order valence-electron chi connectivity index (χ0n) is 33.7. The molecule has 0 fully saturated rings. The first kappa shape index (κ1) is 34.7. The fourth-order valence-electron chi connectivity index (χ4n) is 10.6. The first-order valence-corrected chi connectivity index (χ1v) is 21.3. The molecular formula is C59H38N2O. The fourth-order valence-corrected chi connectivity index (χ4v) is 10.6. The van der Waals surface area contributed by atoms with Crippen molar-refractivity contribution in [1.82, 2.24) is 4.57 Å². The number of furan rings is 1. The molecule has 0 atom stereocenters. The molecule has 0 aliphatic heterocycles. The minimum atomic E-state index is -0.578. The van der Waals surface area contributed by atoms with Gasteiger partial charge in [0.05, 0.1) is 16.4 Å². The van der Waals surface area contributed by atoms with Gasteiger partial charge in [-0.25, -0.2) is 0 Å². The van der Waals surface area contributed by atoms with E-state index < -0.39 is 5.41 Å². The first-order chi connectivity index (χ1) is 30.8. The van der Waals surface area contributed by atoms with Crippen molar-refractivity contribution in [3.8, 4) is 16.8 Å². The van der Waals surface area contributed by atoms with Gasteiger partial charge in [-0.2, -0.15) is 0 Å². The highest BCUT2D eigenvalue weighted by molar-refractivity contribution is 6.11. The Morgan fingerprint density at radius 1 is 0.371 bits per heavy atom. The minimum absolute atomic E-state index is 0.578. The number of anilines is 3. The molecule has 0 amide bonds. The zero-order chi connectivity index (χ0) is 40.8. The molecule has 0 saturated carbocycles. The van der Waals surface area contributed by atoms with Gasteiger partial charge >= 0.3 is 0 Å². The molecule has 0 radical (unpaired) electrons. The summed E-state index contributed by atoms with van der Waals surface area (Å²) in [6, 6.07) is 84.2. The molecule has 2 aromatic heterocycles. The van der Waals surface area contributed by atoms with Crippen LogP contribution in [0.15, 0.2) is 235 Å². The van der Waals surface area contributed by atoms with Crippen LogP contribution < -0.4 is 4.90 Å². The lowest BCUT2D eigenvalue weighted by Gasteiger charge is -2.35. The molecule has 0 spiro atoms. The number of fused-ring (bicyclic) bond motifs is 11. The van der Waals surface area contributed by atoms with Crippen molar-refractivity contribution in [2.24, 2.45) is 0 Å². The Hall–Kier alpha value is -8.14. The number of para-hydroxylation sites is 3. The van der Waals surface area contributed by atoms with Gasteiger partial charge in [-0.3, -0.25) is 0 Å². The third kappa shape index (κ3) is 4.94. The van der Waals surface area contributed by atoms with E-state index in [0.29, 0.717) is 0 Å². The lowest BCUT2D eigenvalue weighted by Crippen LogP contribution is -2.28. The van der Waals surface area contributed by atoms with E-state index >= 15 is 0 Å². The maximum Gasteiger partial charge on any atom is 0.137 e. The first-order valence-electron chi connectivity index (χ1n) is 21.3. The molecular weight excluding hydrogens is 753 g/mol. The molecule has 10 aromatic carbocycles. The number of rotatable bonds is 6. The number of nitrogens with zero attached hydrogens (tertiary/aromatic N) is 2. The Bertz CT molecular complexity index is 3660. The van der Waals surface area contributed by atoms with Crippen LogP contribution in [0, 0.1) is 0 Å². The summed E-state index contributed by atoms with van der Waals surface area (Å²) >= 11 is 0. The Morgan fingerprint density at radius 3 is 1.71 bits per heavy atom. The molecule has 3 heteroatoms. The van der Waals surface area contributed by atoms with Gasteiger partial charge in [0.15, 0.2) is 0 Å². The highest BCUT2D eigenvalue weighted by Crippen LogP contribution is 2.59. The van der Waals surface area contributed by atoms with Gasteiger partial charge in [0, 0.05) is 50.4 Å². The molecule has 3 nitrogen and oxygen atoms in total. The normalized spacial score (nSPS) is 13.0. The predicted octanol–water partition coefficient (Wildman–Crippen LogP) is 15.7. The van der Waals surface area contributed by atoms with E-state index in [0.717, 1.165) is 50.2 Å². The van der Waals surface area contributed by atoms with Crippen molar-refractivity contribution in [2.45, 2.75) is 5.41 Å². The van der Waals surface area contributed by atoms with E-state index in [4.69, 9.17) is 4.42 Å². The molecule has 12 aromatic rings. The van der Waals surface area contributed by atoms with Crippen LogP contribution in [0.5, 0.6) is 0 Å². The highest BCUT2D eigenvalue weighted by atomic mass is 16.3. The van der Waals surface area contributed by atoms with Gasteiger partial charge in [0.1, 0.15) is 11.2 Å². The van der Waals surface area contributed by atoms with Gasteiger partial charge < -0.3 is 13.9 Å². The van der Waals surface area contributed by atoms with Crippen molar-refractivity contribution in [2.75, 3.05) is 4.90 Å². The molecule has 290 valence electrons. The third-order valence-corrected chi connectivity index (χ3v) is 13.2. The maximum atomic E-state index is 6.58. The van der Waals surface area contributed by atoms with Crippen molar-refractivity contribution < 1.29 is 4.42 Å². The lowest BCUT2D eigenvalue weighted by molar-refractivity contribution is 0.669. The van der Waals surface area contributed by atoms with Crippen LogP contribution in [0.3, 0.4) is 0 Å². The van der Waals surface area contributed by atoms with Gasteiger partial charge in [0.2, 0.25) is 0 Å². The van der Waals surface area contributed by atoms with Gasteiger partial charge in [-0.05, 0) is 105 Å². The highest BCUT2D eigenvalue weighted by Gasteiger charge is 2.47. The summed E-state index contributed by atoms with van der Waals surface area (Å²) in [5.74, 6) is 0. The average Bonchev–Trinajstić information content (AvgIpc) is 3.98. The van der Waals surface area contributed by atoms with E-state index in [1.54, 1.807) is 0 Å². The molecule has 1 aliphatic carbocycles. The second kappa shape index (κ2) is 13.4. The zero-order valence-corrected chi connectivity index (χ0v) is 33.7. The van der Waals surface area contributed by atoms with E-state index in [1.165, 1.54) is 60.4 Å². The minimum Gasteiger partial charge on any atom is -0.456 e. The monoisotopic (exact) mass is 790 g/mol. The third-order valence-electron chi connectivity index (χ3n) is 13.2. The van der Waals surface area contributed by atoms with Crippen molar-refractivity contribution in [3.63, 3.8) is 0 Å². The SMILES string of the molecule is c1ccc(-n2c3ccccc3c3ccc(N(c4ccc5c(c4)C(c4ccccc4)(c4ccccc4)c4ccc6ccccc6c4-5)c4ccc5c(c4)oc4ccccc45)cc32)cc1. The quantitative estimate of drug-likeness (QED) is 0.167. The van der Waals surface area contributed by atoms with Gasteiger partial charge in [-0.15, -0.1) is 0 Å². The van der Waals surface area contributed by atoms with Gasteiger partial charge in [-0.1, -0.05) is 164 Å². The summed E-state index contributed by atoms with van der Waals surface area (Å²) in [6.07, 6.45) is 0. The van der Waals surface area contributed by atoms with Gasteiger partial charge in [0.25, 0.3) is 0 Å². The Morgan fingerprint density at radius 2 is 0.935 bits per heavy atom. The van der Waals surface area contributed by atoms with E-state index in [2.05, 4.69) is 234 Å². The number of hydrogen-bond donors (Lipinski definition) is 0. The number of aromatic nitrogens is 1. The van der Waals surface area contributed by atoms with E-state index in [1.807, 2.05) is 6.07 Å². The average molecular weight is 791 g/mol. The Balaban J connectivity index is 1.12. The molecule has 0 N–H and O–H groups in total. The summed E-state index contributed by atoms with van der Waals surface area (Å²) < 4.78 is 8.98. The van der Waals surface area contributed by atoms with Crippen LogP contribution in [-0.2, 0) is 5.41 Å². The fraction of sp³-hybridized carbons (Fsp3) is 0.0169. The molecule has 2 heterocycles. The van der Waals surface area contributed by atoms with Crippen molar-refractivity contribution in [3.05, 3.63) is 253 Å². The maximum absolute atomic E-state index is 6.58. The lowest BCUT2D eigenvalue weighted by atomic mass is 9.67. The Labute approximate surface area is 359 Å². The summed E-state index contributed by atoms with van der Waals surface area (Å²) in [5.41, 5.74) is 15.3. The molecule has 0 bridgehead atoms. The molecule has 0 unspecified atom stereocenters. The smallest absolute Gasteiger partial charge is 0.137 e. The predicted molar refractivity (Wildman–Crippen MR) is 258 cm³/mol. The van der Waals surface area contributed by atoms with Crippen LogP contribution >= 0.6 is 0 Å². The van der Waals surface area contributed by atoms with Crippen LogP contribution in [0.2, 0.25) is 0 Å². The van der Waals surface area contributed by atoms with E-state index in [9.17, 15) is 0 Å². The second-order valence-electron chi connectivity index (χ2n) is 16.4. The van der Waals surface area contributed by atoms with Crippen molar-refractivity contribution >= 4 is 71.6 Å². The largest absolute Gasteiger partial charge is 0.456 e. The van der Waals surface area contributed by atoms with Crippen LogP contribution in [-0.4, -0.2) is 4.57 Å².